The first-order valence-corrected chi connectivity index (χ1v) is 6.75. The van der Waals surface area contributed by atoms with Crippen molar-refractivity contribution in [1.29, 1.82) is 0 Å². The van der Waals surface area contributed by atoms with Crippen molar-refractivity contribution in [2.45, 2.75) is 13.0 Å². The molecule has 17 heavy (non-hydrogen) atoms. The molecular weight excluding hydrogens is 255 g/mol. The molecule has 2 nitrogen and oxygen atoms in total. The quantitative estimate of drug-likeness (QED) is 0.907. The number of likely N-dealkylation sites (tertiary alicyclic amines) is 1. The van der Waals surface area contributed by atoms with Gasteiger partial charge in [-0.3, -0.25) is 4.90 Å². The Labute approximate surface area is 113 Å². The van der Waals surface area contributed by atoms with Crippen LogP contribution in [0.2, 0.25) is 10.0 Å². The molecule has 0 bridgehead atoms. The number of halogens is 2. The van der Waals surface area contributed by atoms with Gasteiger partial charge < -0.3 is 5.32 Å². The predicted molar refractivity (Wildman–Crippen MR) is 73.8 cm³/mol. The Kier molecular flexibility index (Phi) is 4.69. The molecule has 2 rings (SSSR count). The van der Waals surface area contributed by atoms with Gasteiger partial charge in [0.25, 0.3) is 0 Å². The maximum atomic E-state index is 6.17. The van der Waals surface area contributed by atoms with Gasteiger partial charge in [0.05, 0.1) is 0 Å². The van der Waals surface area contributed by atoms with E-state index in [0.29, 0.717) is 0 Å². The smallest absolute Gasteiger partial charge is 0.0452 e. The molecule has 1 aromatic carbocycles. The van der Waals surface area contributed by atoms with Crippen molar-refractivity contribution < 1.29 is 0 Å². The van der Waals surface area contributed by atoms with Crippen molar-refractivity contribution in [3.05, 3.63) is 33.8 Å². The molecule has 94 valence electrons. The van der Waals surface area contributed by atoms with E-state index < -0.39 is 0 Å². The molecule has 1 fully saturated rings. The van der Waals surface area contributed by atoms with Gasteiger partial charge in [0.15, 0.2) is 0 Å². The van der Waals surface area contributed by atoms with E-state index in [1.807, 2.05) is 25.2 Å². The van der Waals surface area contributed by atoms with Crippen molar-refractivity contribution in [3.63, 3.8) is 0 Å². The minimum Gasteiger partial charge on any atom is -0.319 e. The molecule has 1 heterocycles. The average Bonchev–Trinajstić information content (AvgIpc) is 2.72. The van der Waals surface area contributed by atoms with E-state index >= 15 is 0 Å². The van der Waals surface area contributed by atoms with Crippen LogP contribution in [-0.4, -0.2) is 31.6 Å². The van der Waals surface area contributed by atoms with Crippen LogP contribution < -0.4 is 5.32 Å². The van der Waals surface area contributed by atoms with Crippen molar-refractivity contribution in [3.8, 4) is 0 Å². The fourth-order valence-corrected chi connectivity index (χ4v) is 2.79. The summed E-state index contributed by atoms with van der Waals surface area (Å²) in [6.45, 7) is 4.29. The summed E-state index contributed by atoms with van der Waals surface area (Å²) in [5.41, 5.74) is 1.13. The summed E-state index contributed by atoms with van der Waals surface area (Å²) in [6, 6.07) is 5.68. The number of nitrogens with one attached hydrogen (secondary N) is 1. The van der Waals surface area contributed by atoms with Crippen LogP contribution in [0.3, 0.4) is 0 Å². The van der Waals surface area contributed by atoms with E-state index in [-0.39, 0.29) is 0 Å². The first kappa shape index (κ1) is 13.2. The molecule has 1 aliphatic rings. The van der Waals surface area contributed by atoms with E-state index in [0.717, 1.165) is 47.7 Å². The van der Waals surface area contributed by atoms with E-state index in [2.05, 4.69) is 10.2 Å². The lowest BCUT2D eigenvalue weighted by molar-refractivity contribution is 0.315. The Morgan fingerprint density at radius 2 is 2.24 bits per heavy atom. The predicted octanol–water partition coefficient (Wildman–Crippen LogP) is 3.03. The fraction of sp³-hybridized carbons (Fsp3) is 0.538. The van der Waals surface area contributed by atoms with Crippen molar-refractivity contribution in [1.82, 2.24) is 10.2 Å². The zero-order valence-electron chi connectivity index (χ0n) is 10.0. The Balaban J connectivity index is 1.95. The monoisotopic (exact) mass is 272 g/mol. The topological polar surface area (TPSA) is 15.3 Å². The van der Waals surface area contributed by atoms with Crippen LogP contribution in [0.15, 0.2) is 18.2 Å². The van der Waals surface area contributed by atoms with Gasteiger partial charge in [-0.25, -0.2) is 0 Å². The lowest BCUT2D eigenvalue weighted by Gasteiger charge is -2.17. The largest absolute Gasteiger partial charge is 0.319 e. The van der Waals surface area contributed by atoms with Gasteiger partial charge in [-0.15, -0.1) is 0 Å². The van der Waals surface area contributed by atoms with Crippen LogP contribution in [0.5, 0.6) is 0 Å². The standard InChI is InChI=1S/C13H18Cl2N2/c1-16-7-10-4-5-17(8-10)9-11-6-12(14)2-3-13(11)15/h2-3,6,10,16H,4-5,7-9H2,1H3. The summed E-state index contributed by atoms with van der Waals surface area (Å²) in [5.74, 6) is 0.762. The van der Waals surface area contributed by atoms with Gasteiger partial charge in [0.2, 0.25) is 0 Å². The zero-order valence-corrected chi connectivity index (χ0v) is 11.6. The number of hydrogen-bond donors (Lipinski definition) is 1. The lowest BCUT2D eigenvalue weighted by atomic mass is 10.1. The van der Waals surface area contributed by atoms with Gasteiger partial charge in [-0.05, 0) is 56.2 Å². The molecule has 0 amide bonds. The fourth-order valence-electron chi connectivity index (χ4n) is 2.42. The third-order valence-electron chi connectivity index (χ3n) is 3.26. The van der Waals surface area contributed by atoms with Gasteiger partial charge in [-0.2, -0.15) is 0 Å². The van der Waals surface area contributed by atoms with Crippen molar-refractivity contribution in [2.24, 2.45) is 5.92 Å². The van der Waals surface area contributed by atoms with Crippen LogP contribution >= 0.6 is 23.2 Å². The van der Waals surface area contributed by atoms with Crippen LogP contribution in [0, 0.1) is 5.92 Å². The molecule has 0 aliphatic carbocycles. The number of hydrogen-bond acceptors (Lipinski definition) is 2. The maximum absolute atomic E-state index is 6.17. The molecular formula is C13H18Cl2N2. The molecule has 1 saturated heterocycles. The molecule has 1 atom stereocenters. The minimum atomic E-state index is 0.760. The highest BCUT2D eigenvalue weighted by molar-refractivity contribution is 6.33. The molecule has 1 N–H and O–H groups in total. The molecule has 4 heteroatoms. The van der Waals surface area contributed by atoms with Crippen molar-refractivity contribution in [2.75, 3.05) is 26.7 Å². The number of nitrogens with zero attached hydrogens (tertiary/aromatic N) is 1. The summed E-state index contributed by atoms with van der Waals surface area (Å²) in [4.78, 5) is 2.44. The van der Waals surface area contributed by atoms with Crippen LogP contribution in [0.25, 0.3) is 0 Å². The van der Waals surface area contributed by atoms with E-state index in [1.165, 1.54) is 6.42 Å². The van der Waals surface area contributed by atoms with E-state index in [9.17, 15) is 0 Å². The SMILES string of the molecule is CNCC1CCN(Cc2cc(Cl)ccc2Cl)C1. The van der Waals surface area contributed by atoms with E-state index in [4.69, 9.17) is 23.2 Å². The zero-order chi connectivity index (χ0) is 12.3. The molecule has 1 aliphatic heterocycles. The van der Waals surface area contributed by atoms with Gasteiger partial charge in [0, 0.05) is 23.1 Å². The Bertz CT molecular complexity index is 382. The third-order valence-corrected chi connectivity index (χ3v) is 3.87. The molecule has 1 unspecified atom stereocenters. The first-order valence-electron chi connectivity index (χ1n) is 6.00. The molecule has 0 saturated carbocycles. The highest BCUT2D eigenvalue weighted by Gasteiger charge is 2.22. The summed E-state index contributed by atoms with van der Waals surface area (Å²) in [5, 5.41) is 4.81. The Morgan fingerprint density at radius 3 is 3.00 bits per heavy atom. The highest BCUT2D eigenvalue weighted by atomic mass is 35.5. The summed E-state index contributed by atoms with van der Waals surface area (Å²) in [7, 11) is 2.01. The first-order chi connectivity index (χ1) is 8.19. The number of rotatable bonds is 4. The van der Waals surface area contributed by atoms with Crippen LogP contribution in [0.1, 0.15) is 12.0 Å². The van der Waals surface area contributed by atoms with Gasteiger partial charge >= 0.3 is 0 Å². The number of benzene rings is 1. The summed E-state index contributed by atoms with van der Waals surface area (Å²) >= 11 is 12.2. The third kappa shape index (κ3) is 3.59. The molecule has 0 radical (unpaired) electrons. The maximum Gasteiger partial charge on any atom is 0.0452 e. The Hall–Kier alpha value is -0.280. The van der Waals surface area contributed by atoms with Gasteiger partial charge in [-0.1, -0.05) is 23.2 Å². The summed E-state index contributed by atoms with van der Waals surface area (Å²) < 4.78 is 0. The average molecular weight is 273 g/mol. The summed E-state index contributed by atoms with van der Waals surface area (Å²) in [6.07, 6.45) is 1.26. The van der Waals surface area contributed by atoms with Gasteiger partial charge in [0.1, 0.15) is 0 Å². The highest BCUT2D eigenvalue weighted by Crippen LogP contribution is 2.24. The van der Waals surface area contributed by atoms with Crippen molar-refractivity contribution >= 4 is 23.2 Å². The minimum absolute atomic E-state index is 0.760. The molecule has 1 aromatic rings. The normalized spacial score (nSPS) is 21.0. The molecule has 0 aromatic heterocycles. The second kappa shape index (κ2) is 6.05. The van der Waals surface area contributed by atoms with E-state index in [1.54, 1.807) is 0 Å². The second-order valence-corrected chi connectivity index (χ2v) is 5.53. The second-order valence-electron chi connectivity index (χ2n) is 4.68. The lowest BCUT2D eigenvalue weighted by Crippen LogP contribution is -2.24. The van der Waals surface area contributed by atoms with Crippen LogP contribution in [-0.2, 0) is 6.54 Å². The van der Waals surface area contributed by atoms with Crippen LogP contribution in [0.4, 0.5) is 0 Å². The molecule has 0 spiro atoms. The Morgan fingerprint density at radius 1 is 1.41 bits per heavy atom.